The van der Waals surface area contributed by atoms with Crippen molar-refractivity contribution < 1.29 is 4.79 Å². The molecular formula is C22H18ClN3O3S. The molecule has 0 saturated carbocycles. The van der Waals surface area contributed by atoms with Gasteiger partial charge in [-0.1, -0.05) is 30.7 Å². The molecule has 0 aliphatic heterocycles. The number of hydrogen-bond donors (Lipinski definition) is 1. The molecule has 0 saturated heterocycles. The van der Waals surface area contributed by atoms with Crippen LogP contribution in [0.2, 0.25) is 5.02 Å². The van der Waals surface area contributed by atoms with Crippen molar-refractivity contribution in [3.05, 3.63) is 91.4 Å². The number of halogens is 1. The van der Waals surface area contributed by atoms with Gasteiger partial charge in [-0.2, -0.15) is 0 Å². The zero-order chi connectivity index (χ0) is 21.3. The van der Waals surface area contributed by atoms with Crippen molar-refractivity contribution in [2.75, 3.05) is 5.32 Å². The third-order valence-corrected chi connectivity index (χ3v) is 5.93. The molecule has 8 heteroatoms. The number of rotatable bonds is 5. The molecule has 0 spiro atoms. The lowest BCUT2D eigenvalue weighted by Crippen LogP contribution is -2.40. The second-order valence-electron chi connectivity index (χ2n) is 6.72. The summed E-state index contributed by atoms with van der Waals surface area (Å²) in [6, 6.07) is 15.6. The number of hydrogen-bond acceptors (Lipinski definition) is 4. The molecule has 2 heterocycles. The maximum atomic E-state index is 13.2. The Morgan fingerprint density at radius 3 is 2.40 bits per heavy atom. The van der Waals surface area contributed by atoms with Crippen LogP contribution in [-0.4, -0.2) is 15.0 Å². The normalized spacial score (nSPS) is 11.0. The highest BCUT2D eigenvalue weighted by molar-refractivity contribution is 7.17. The molecule has 0 unspecified atom stereocenters. The number of nitrogens with one attached hydrogen (secondary N) is 1. The molecule has 0 aliphatic rings. The minimum Gasteiger partial charge on any atom is -0.325 e. The minimum absolute atomic E-state index is 0.213. The molecule has 6 nitrogen and oxygen atoms in total. The molecule has 1 N–H and O–H groups in total. The monoisotopic (exact) mass is 439 g/mol. The van der Waals surface area contributed by atoms with Crippen LogP contribution in [0.5, 0.6) is 0 Å². The first-order valence-corrected chi connectivity index (χ1v) is 10.6. The first kappa shape index (κ1) is 20.1. The number of benzene rings is 2. The van der Waals surface area contributed by atoms with Gasteiger partial charge in [0, 0.05) is 10.7 Å². The third kappa shape index (κ3) is 3.81. The van der Waals surface area contributed by atoms with E-state index in [9.17, 15) is 14.4 Å². The molecule has 4 rings (SSSR count). The van der Waals surface area contributed by atoms with Crippen LogP contribution in [0.1, 0.15) is 12.5 Å². The average Bonchev–Trinajstić information content (AvgIpc) is 3.23. The lowest BCUT2D eigenvalue weighted by atomic mass is 10.1. The molecule has 4 aromatic rings. The van der Waals surface area contributed by atoms with E-state index in [0.29, 0.717) is 26.6 Å². The van der Waals surface area contributed by atoms with E-state index in [-0.39, 0.29) is 12.5 Å². The Labute approximate surface area is 181 Å². The molecular weight excluding hydrogens is 422 g/mol. The number of nitrogens with zero attached hydrogens (tertiary/aromatic N) is 2. The number of thiophene rings is 1. The SMILES string of the molecule is CCc1ccc(NC(=O)Cn2c(=O)n(-c3ccc(Cl)cc3)c(=O)c3sccc32)cc1. The van der Waals surface area contributed by atoms with Gasteiger partial charge in [-0.05, 0) is 59.8 Å². The van der Waals surface area contributed by atoms with Gasteiger partial charge in [-0.25, -0.2) is 9.36 Å². The molecule has 0 bridgehead atoms. The number of carbonyl (C=O) groups is 1. The summed E-state index contributed by atoms with van der Waals surface area (Å²) in [5.41, 5.74) is 1.66. The lowest BCUT2D eigenvalue weighted by molar-refractivity contribution is -0.116. The second kappa shape index (κ2) is 8.30. The fourth-order valence-corrected chi connectivity index (χ4v) is 4.18. The predicted octanol–water partition coefficient (Wildman–Crippen LogP) is 4.07. The van der Waals surface area contributed by atoms with Crippen LogP contribution in [0.25, 0.3) is 15.9 Å². The van der Waals surface area contributed by atoms with Gasteiger partial charge >= 0.3 is 5.69 Å². The molecule has 0 atom stereocenters. The summed E-state index contributed by atoms with van der Waals surface area (Å²) in [6.07, 6.45) is 0.909. The summed E-state index contributed by atoms with van der Waals surface area (Å²) in [4.78, 5) is 38.7. The van der Waals surface area contributed by atoms with Crippen LogP contribution < -0.4 is 16.6 Å². The summed E-state index contributed by atoms with van der Waals surface area (Å²) in [5, 5.41) is 5.04. The zero-order valence-corrected chi connectivity index (χ0v) is 17.7. The average molecular weight is 440 g/mol. The summed E-state index contributed by atoms with van der Waals surface area (Å²) < 4.78 is 2.79. The largest absolute Gasteiger partial charge is 0.336 e. The summed E-state index contributed by atoms with van der Waals surface area (Å²) in [6.45, 7) is 1.84. The summed E-state index contributed by atoms with van der Waals surface area (Å²) >= 11 is 7.16. The zero-order valence-electron chi connectivity index (χ0n) is 16.1. The summed E-state index contributed by atoms with van der Waals surface area (Å²) in [5.74, 6) is -0.352. The molecule has 2 aromatic carbocycles. The van der Waals surface area contributed by atoms with E-state index in [1.807, 2.05) is 24.3 Å². The molecule has 0 fully saturated rings. The smallest absolute Gasteiger partial charge is 0.325 e. The molecule has 152 valence electrons. The van der Waals surface area contributed by atoms with Gasteiger partial charge in [-0.3, -0.25) is 14.2 Å². The Balaban J connectivity index is 1.73. The van der Waals surface area contributed by atoms with Crippen molar-refractivity contribution in [2.45, 2.75) is 19.9 Å². The summed E-state index contributed by atoms with van der Waals surface area (Å²) in [7, 11) is 0. The van der Waals surface area contributed by atoms with Gasteiger partial charge in [0.1, 0.15) is 11.2 Å². The topological polar surface area (TPSA) is 73.1 Å². The van der Waals surface area contributed by atoms with Crippen LogP contribution >= 0.6 is 22.9 Å². The van der Waals surface area contributed by atoms with Gasteiger partial charge in [0.2, 0.25) is 5.91 Å². The highest BCUT2D eigenvalue weighted by Gasteiger charge is 2.17. The van der Waals surface area contributed by atoms with Crippen LogP contribution in [0.3, 0.4) is 0 Å². The van der Waals surface area contributed by atoms with E-state index in [2.05, 4.69) is 12.2 Å². The number of aromatic nitrogens is 2. The van der Waals surface area contributed by atoms with Crippen LogP contribution in [0.15, 0.2) is 69.6 Å². The highest BCUT2D eigenvalue weighted by atomic mass is 35.5. The van der Waals surface area contributed by atoms with E-state index < -0.39 is 11.2 Å². The quantitative estimate of drug-likeness (QED) is 0.509. The first-order valence-electron chi connectivity index (χ1n) is 9.35. The van der Waals surface area contributed by atoms with Crippen LogP contribution in [0.4, 0.5) is 5.69 Å². The van der Waals surface area contributed by atoms with E-state index in [4.69, 9.17) is 11.6 Å². The number of fused-ring (bicyclic) bond motifs is 1. The van der Waals surface area contributed by atoms with Crippen molar-refractivity contribution in [1.29, 1.82) is 0 Å². The predicted molar refractivity (Wildman–Crippen MR) is 121 cm³/mol. The number of anilines is 1. The van der Waals surface area contributed by atoms with E-state index in [1.54, 1.807) is 35.7 Å². The lowest BCUT2D eigenvalue weighted by Gasteiger charge is -2.13. The van der Waals surface area contributed by atoms with Crippen LogP contribution in [-0.2, 0) is 17.8 Å². The maximum Gasteiger partial charge on any atom is 0.336 e. The Kier molecular flexibility index (Phi) is 5.57. The Morgan fingerprint density at radius 2 is 1.73 bits per heavy atom. The van der Waals surface area contributed by atoms with Gasteiger partial charge in [-0.15, -0.1) is 11.3 Å². The minimum atomic E-state index is -0.579. The highest BCUT2D eigenvalue weighted by Crippen LogP contribution is 2.18. The van der Waals surface area contributed by atoms with Crippen LogP contribution in [0, 0.1) is 0 Å². The molecule has 0 aliphatic carbocycles. The fourth-order valence-electron chi connectivity index (χ4n) is 3.23. The Bertz CT molecular complexity index is 1340. The molecule has 30 heavy (non-hydrogen) atoms. The van der Waals surface area contributed by atoms with Gasteiger partial charge in [0.05, 0.1) is 11.2 Å². The van der Waals surface area contributed by atoms with E-state index >= 15 is 0 Å². The second-order valence-corrected chi connectivity index (χ2v) is 8.07. The molecule has 1 amide bonds. The maximum absolute atomic E-state index is 13.2. The standard InChI is InChI=1S/C22H18ClN3O3S/c1-2-14-3-7-16(8-4-14)24-19(27)13-25-18-11-12-30-20(18)21(28)26(22(25)29)17-9-5-15(23)6-10-17/h3-12H,2,13H2,1H3,(H,24,27). The van der Waals surface area contributed by atoms with Crippen molar-refractivity contribution in [2.24, 2.45) is 0 Å². The van der Waals surface area contributed by atoms with E-state index in [0.717, 1.165) is 11.0 Å². The number of carbonyl (C=O) groups excluding carboxylic acids is 1. The number of amides is 1. The van der Waals surface area contributed by atoms with E-state index in [1.165, 1.54) is 21.5 Å². The van der Waals surface area contributed by atoms with Crippen molar-refractivity contribution >= 4 is 44.7 Å². The fraction of sp³-hybridized carbons (Fsp3) is 0.136. The van der Waals surface area contributed by atoms with Gasteiger partial charge in [0.25, 0.3) is 5.56 Å². The third-order valence-electron chi connectivity index (χ3n) is 4.79. The van der Waals surface area contributed by atoms with Gasteiger partial charge < -0.3 is 5.32 Å². The molecule has 2 aromatic heterocycles. The van der Waals surface area contributed by atoms with Crippen molar-refractivity contribution in [3.8, 4) is 5.69 Å². The van der Waals surface area contributed by atoms with Crippen molar-refractivity contribution in [1.82, 2.24) is 9.13 Å². The molecule has 0 radical (unpaired) electrons. The van der Waals surface area contributed by atoms with Gasteiger partial charge in [0.15, 0.2) is 0 Å². The Morgan fingerprint density at radius 1 is 1.03 bits per heavy atom. The number of aryl methyl sites for hydroxylation is 1. The first-order chi connectivity index (χ1) is 14.5. The Hall–Kier alpha value is -3.16. The van der Waals surface area contributed by atoms with Crippen molar-refractivity contribution in [3.63, 3.8) is 0 Å².